The highest BCUT2D eigenvalue weighted by Gasteiger charge is 2.18. The number of hydrogen-bond donors (Lipinski definition) is 0. The van der Waals surface area contributed by atoms with Gasteiger partial charge in [0, 0.05) is 5.10 Å². The summed E-state index contributed by atoms with van der Waals surface area (Å²) < 4.78 is 5.19. The quantitative estimate of drug-likeness (QED) is 0.482. The van der Waals surface area contributed by atoms with Crippen LogP contribution < -0.4 is 0 Å². The molecule has 0 bridgehead atoms. The van der Waals surface area contributed by atoms with Crippen molar-refractivity contribution in [2.45, 2.75) is 6.92 Å². The van der Waals surface area contributed by atoms with E-state index in [1.54, 1.807) is 6.92 Å². The lowest BCUT2D eigenvalue weighted by molar-refractivity contribution is -0.394. The summed E-state index contributed by atoms with van der Waals surface area (Å²) in [6.45, 7) is 1.79. The first-order valence-corrected chi connectivity index (χ1v) is 3.38. The third kappa shape index (κ3) is 1.98. The van der Waals surface area contributed by atoms with Crippen LogP contribution in [0.15, 0.2) is 6.33 Å². The van der Waals surface area contributed by atoms with E-state index in [1.807, 2.05) is 0 Å². The summed E-state index contributed by atoms with van der Waals surface area (Å²) in [4.78, 5) is 23.5. The van der Waals surface area contributed by atoms with Crippen LogP contribution in [0, 0.1) is 10.1 Å². The molecule has 0 aromatic carbocycles. The fourth-order valence-corrected chi connectivity index (χ4v) is 0.616. The second-order valence-corrected chi connectivity index (χ2v) is 1.95. The molecular weight excluding hydrogens is 180 g/mol. The minimum atomic E-state index is -0.796. The maximum absolute atomic E-state index is 10.9. The summed E-state index contributed by atoms with van der Waals surface area (Å²) in [6, 6.07) is 0. The van der Waals surface area contributed by atoms with E-state index in [4.69, 9.17) is 0 Å². The van der Waals surface area contributed by atoms with E-state index in [9.17, 15) is 14.9 Å². The normalized spacial score (nSPS) is 9.62. The Balaban J connectivity index is 2.79. The molecule has 0 spiro atoms. The molecule has 0 aliphatic heterocycles. The number of ether oxygens (including phenoxy) is 1. The molecule has 1 aromatic heterocycles. The lowest BCUT2D eigenvalue weighted by atomic mass is 10.9. The summed E-state index contributed by atoms with van der Waals surface area (Å²) in [5, 5.41) is 13.4. The van der Waals surface area contributed by atoms with Crippen LogP contribution in [-0.4, -0.2) is 32.4 Å². The molecule has 1 rings (SSSR count). The SMILES string of the molecule is CCOC(=O)n1cnc([N+](=O)[O-])n1. The first-order valence-electron chi connectivity index (χ1n) is 3.38. The van der Waals surface area contributed by atoms with Gasteiger partial charge in [-0.25, -0.2) is 4.79 Å². The van der Waals surface area contributed by atoms with E-state index in [0.29, 0.717) is 4.68 Å². The van der Waals surface area contributed by atoms with Crippen molar-refractivity contribution in [2.75, 3.05) is 6.61 Å². The van der Waals surface area contributed by atoms with Crippen LogP contribution in [0.3, 0.4) is 0 Å². The molecule has 8 heteroatoms. The third-order valence-electron chi connectivity index (χ3n) is 1.10. The largest absolute Gasteiger partial charge is 0.491 e. The molecule has 13 heavy (non-hydrogen) atoms. The van der Waals surface area contributed by atoms with Crippen LogP contribution in [0.5, 0.6) is 0 Å². The summed E-state index contributed by atoms with van der Waals surface area (Å²) in [5.41, 5.74) is 0. The second-order valence-electron chi connectivity index (χ2n) is 1.95. The average molecular weight is 186 g/mol. The smallest absolute Gasteiger partial charge is 0.447 e. The van der Waals surface area contributed by atoms with Gasteiger partial charge in [0.25, 0.3) is 0 Å². The standard InChI is InChI=1S/C5H6N4O4/c1-2-13-5(10)8-3-6-4(7-8)9(11)12/h3H,2H2,1H3. The average Bonchev–Trinajstić information content (AvgIpc) is 2.52. The first-order chi connectivity index (χ1) is 6.15. The molecule has 0 radical (unpaired) electrons. The Morgan fingerprint density at radius 3 is 3.00 bits per heavy atom. The molecule has 0 atom stereocenters. The Labute approximate surface area is 72.3 Å². The number of hydrogen-bond acceptors (Lipinski definition) is 6. The van der Waals surface area contributed by atoms with E-state index in [1.165, 1.54) is 0 Å². The van der Waals surface area contributed by atoms with Crippen LogP contribution in [0.4, 0.5) is 10.7 Å². The molecular formula is C5H6N4O4. The molecule has 8 nitrogen and oxygen atoms in total. The zero-order valence-electron chi connectivity index (χ0n) is 6.71. The summed E-state index contributed by atoms with van der Waals surface area (Å²) >= 11 is 0. The van der Waals surface area contributed by atoms with Gasteiger partial charge in [0.1, 0.15) is 0 Å². The van der Waals surface area contributed by atoms with Crippen molar-refractivity contribution in [1.82, 2.24) is 14.8 Å². The minimum Gasteiger partial charge on any atom is -0.447 e. The number of carbonyl (C=O) groups is 1. The predicted molar refractivity (Wildman–Crippen MR) is 39.1 cm³/mol. The van der Waals surface area contributed by atoms with Gasteiger partial charge in [-0.05, 0) is 11.8 Å². The lowest BCUT2D eigenvalue weighted by Gasteiger charge is -1.94. The van der Waals surface area contributed by atoms with Crippen molar-refractivity contribution >= 4 is 12.0 Å². The maximum Gasteiger partial charge on any atom is 0.491 e. The van der Waals surface area contributed by atoms with Gasteiger partial charge >= 0.3 is 12.0 Å². The van der Waals surface area contributed by atoms with Gasteiger partial charge in [-0.15, -0.1) is 0 Å². The van der Waals surface area contributed by atoms with Crippen molar-refractivity contribution < 1.29 is 14.5 Å². The van der Waals surface area contributed by atoms with E-state index >= 15 is 0 Å². The number of aromatic nitrogens is 3. The number of rotatable bonds is 2. The predicted octanol–water partition coefficient (Wildman–Crippen LogP) is 0.191. The van der Waals surface area contributed by atoms with Crippen molar-refractivity contribution in [2.24, 2.45) is 0 Å². The topological polar surface area (TPSA) is 100 Å². The number of nitrogens with zero attached hydrogens (tertiary/aromatic N) is 4. The molecule has 0 amide bonds. The minimum absolute atomic E-state index is 0.173. The number of nitro groups is 1. The van der Waals surface area contributed by atoms with Crippen LogP contribution in [-0.2, 0) is 4.74 Å². The van der Waals surface area contributed by atoms with Crippen molar-refractivity contribution in [3.05, 3.63) is 16.4 Å². The molecule has 0 aliphatic carbocycles. The van der Waals surface area contributed by atoms with Gasteiger partial charge in [0.15, 0.2) is 0 Å². The molecule has 0 aliphatic rings. The van der Waals surface area contributed by atoms with Gasteiger partial charge in [0.2, 0.25) is 6.33 Å². The van der Waals surface area contributed by atoms with Crippen LogP contribution in [0.1, 0.15) is 6.92 Å². The van der Waals surface area contributed by atoms with Crippen molar-refractivity contribution in [3.8, 4) is 0 Å². The highest BCUT2D eigenvalue weighted by molar-refractivity contribution is 5.68. The van der Waals surface area contributed by atoms with Gasteiger partial charge in [-0.2, -0.15) is 0 Å². The van der Waals surface area contributed by atoms with Crippen molar-refractivity contribution in [3.63, 3.8) is 0 Å². The van der Waals surface area contributed by atoms with Gasteiger partial charge in [-0.3, -0.25) is 0 Å². The van der Waals surface area contributed by atoms with E-state index < -0.39 is 17.0 Å². The Bertz CT molecular complexity index is 333. The summed E-state index contributed by atoms with van der Waals surface area (Å²) in [7, 11) is 0. The molecule has 1 heterocycles. The number of carbonyl (C=O) groups excluding carboxylic acids is 1. The second kappa shape index (κ2) is 3.61. The molecule has 70 valence electrons. The fraction of sp³-hybridized carbons (Fsp3) is 0.400. The zero-order valence-corrected chi connectivity index (χ0v) is 6.71. The summed E-state index contributed by atoms with van der Waals surface area (Å²) in [6.07, 6.45) is 0.138. The Morgan fingerprint density at radius 1 is 1.85 bits per heavy atom. The van der Waals surface area contributed by atoms with Gasteiger partial charge in [0.05, 0.1) is 6.61 Å². The summed E-state index contributed by atoms with van der Waals surface area (Å²) in [5.74, 6) is -0.631. The van der Waals surface area contributed by atoms with Gasteiger partial charge < -0.3 is 14.9 Å². The molecule has 0 saturated carbocycles. The maximum atomic E-state index is 10.9. The van der Waals surface area contributed by atoms with Crippen molar-refractivity contribution in [1.29, 1.82) is 0 Å². The monoisotopic (exact) mass is 186 g/mol. The van der Waals surface area contributed by atoms with E-state index in [2.05, 4.69) is 14.8 Å². The van der Waals surface area contributed by atoms with Crippen LogP contribution in [0.2, 0.25) is 0 Å². The molecule has 0 fully saturated rings. The lowest BCUT2D eigenvalue weighted by Crippen LogP contribution is -2.14. The van der Waals surface area contributed by atoms with E-state index in [-0.39, 0.29) is 6.61 Å². The first kappa shape index (κ1) is 9.10. The van der Waals surface area contributed by atoms with Gasteiger partial charge in [-0.1, -0.05) is 9.67 Å². The Morgan fingerprint density at radius 2 is 2.54 bits per heavy atom. The molecule has 0 N–H and O–H groups in total. The Kier molecular flexibility index (Phi) is 2.52. The van der Waals surface area contributed by atoms with Crippen LogP contribution >= 0.6 is 0 Å². The van der Waals surface area contributed by atoms with Crippen LogP contribution in [0.25, 0.3) is 0 Å². The highest BCUT2D eigenvalue weighted by atomic mass is 16.6. The van der Waals surface area contributed by atoms with E-state index in [0.717, 1.165) is 6.33 Å². The Hall–Kier alpha value is -1.99. The molecule has 1 aromatic rings. The molecule has 0 saturated heterocycles. The zero-order chi connectivity index (χ0) is 9.84. The third-order valence-corrected chi connectivity index (χ3v) is 1.10. The molecule has 0 unspecified atom stereocenters. The highest BCUT2D eigenvalue weighted by Crippen LogP contribution is 1.99. The fourth-order valence-electron chi connectivity index (χ4n) is 0.616.